The fourth-order valence-electron chi connectivity index (χ4n) is 2.45. The third-order valence-electron chi connectivity index (χ3n) is 3.96. The monoisotopic (exact) mass is 336 g/mol. The molecule has 0 saturated carbocycles. The van der Waals surface area contributed by atoms with Gasteiger partial charge in [0.05, 0.1) is 13.7 Å². The van der Waals surface area contributed by atoms with Gasteiger partial charge in [0, 0.05) is 19.7 Å². The molecule has 1 saturated heterocycles. The van der Waals surface area contributed by atoms with Crippen LogP contribution in [-0.4, -0.2) is 63.0 Å². The molecule has 1 aliphatic heterocycles. The molecule has 0 spiro atoms. The summed E-state index contributed by atoms with van der Waals surface area (Å²) >= 11 is 0. The molecule has 0 aliphatic carbocycles. The van der Waals surface area contributed by atoms with Crippen LogP contribution in [0, 0.1) is 0 Å². The number of carbonyl (C=O) groups excluding carboxylic acids is 2. The highest BCUT2D eigenvalue weighted by molar-refractivity contribution is 5.81. The number of esters is 1. The normalized spacial score (nSPS) is 17.5. The summed E-state index contributed by atoms with van der Waals surface area (Å²) in [7, 11) is 2.77. The Morgan fingerprint density at radius 1 is 1.29 bits per heavy atom. The molecule has 7 heteroatoms. The lowest BCUT2D eigenvalue weighted by atomic mass is 10.1. The number of nitrogens with zero attached hydrogens (tertiary/aromatic N) is 1. The van der Waals surface area contributed by atoms with Gasteiger partial charge in [-0.15, -0.1) is 0 Å². The van der Waals surface area contributed by atoms with Crippen molar-refractivity contribution in [2.45, 2.75) is 25.1 Å². The van der Waals surface area contributed by atoms with Gasteiger partial charge in [-0.1, -0.05) is 30.3 Å². The van der Waals surface area contributed by atoms with E-state index < -0.39 is 18.1 Å². The van der Waals surface area contributed by atoms with E-state index >= 15 is 0 Å². The lowest BCUT2D eigenvalue weighted by Crippen LogP contribution is -2.57. The molecule has 1 unspecified atom stereocenters. The first-order chi connectivity index (χ1) is 11.7. The van der Waals surface area contributed by atoms with E-state index in [1.807, 2.05) is 30.3 Å². The summed E-state index contributed by atoms with van der Waals surface area (Å²) in [6, 6.07) is 8.72. The predicted octanol–water partition coefficient (Wildman–Crippen LogP) is 1.18. The van der Waals surface area contributed by atoms with Gasteiger partial charge in [0.2, 0.25) is 0 Å². The van der Waals surface area contributed by atoms with Crippen LogP contribution in [0.3, 0.4) is 0 Å². The molecule has 24 heavy (non-hydrogen) atoms. The Morgan fingerprint density at radius 2 is 2.00 bits per heavy atom. The molecule has 1 fully saturated rings. The van der Waals surface area contributed by atoms with Crippen LogP contribution >= 0.6 is 0 Å². The third-order valence-corrected chi connectivity index (χ3v) is 3.96. The molecule has 132 valence electrons. The minimum Gasteiger partial charge on any atom is -0.467 e. The van der Waals surface area contributed by atoms with Gasteiger partial charge in [0.15, 0.2) is 6.04 Å². The Kier molecular flexibility index (Phi) is 7.02. The van der Waals surface area contributed by atoms with Gasteiger partial charge < -0.3 is 19.5 Å². The molecule has 1 heterocycles. The SMILES string of the molecule is COC[C@@H](C(=O)OC)N(CC1CCN1)C(=O)OCc1ccccc1. The molecule has 1 amide bonds. The second kappa shape index (κ2) is 9.24. The number of nitrogens with one attached hydrogen (secondary N) is 1. The molecular formula is C17H24N2O5. The summed E-state index contributed by atoms with van der Waals surface area (Å²) in [6.45, 7) is 1.48. The van der Waals surface area contributed by atoms with E-state index in [4.69, 9.17) is 14.2 Å². The minimum atomic E-state index is -0.828. The summed E-state index contributed by atoms with van der Waals surface area (Å²) in [4.78, 5) is 26.0. The van der Waals surface area contributed by atoms with Crippen LogP contribution in [0.25, 0.3) is 0 Å². The Bertz CT molecular complexity index is 533. The topological polar surface area (TPSA) is 77.1 Å². The smallest absolute Gasteiger partial charge is 0.410 e. The van der Waals surface area contributed by atoms with E-state index in [1.165, 1.54) is 19.1 Å². The van der Waals surface area contributed by atoms with E-state index in [0.29, 0.717) is 6.54 Å². The fourth-order valence-corrected chi connectivity index (χ4v) is 2.45. The molecule has 0 bridgehead atoms. The maximum Gasteiger partial charge on any atom is 0.410 e. The number of methoxy groups -OCH3 is 2. The Labute approximate surface area is 141 Å². The summed E-state index contributed by atoms with van der Waals surface area (Å²) in [5, 5.41) is 3.22. The van der Waals surface area contributed by atoms with Crippen molar-refractivity contribution < 1.29 is 23.8 Å². The number of hydrogen-bond acceptors (Lipinski definition) is 6. The number of benzene rings is 1. The zero-order chi connectivity index (χ0) is 17.4. The van der Waals surface area contributed by atoms with Crippen molar-refractivity contribution in [2.24, 2.45) is 0 Å². The highest BCUT2D eigenvalue weighted by Crippen LogP contribution is 2.13. The van der Waals surface area contributed by atoms with E-state index in [9.17, 15) is 9.59 Å². The van der Waals surface area contributed by atoms with Gasteiger partial charge in [-0.25, -0.2) is 9.59 Å². The van der Waals surface area contributed by atoms with Gasteiger partial charge in [0.1, 0.15) is 6.61 Å². The van der Waals surface area contributed by atoms with Crippen molar-refractivity contribution in [3.8, 4) is 0 Å². The molecule has 0 aromatic heterocycles. The summed E-state index contributed by atoms with van der Waals surface area (Å²) in [5.41, 5.74) is 0.883. The van der Waals surface area contributed by atoms with E-state index in [2.05, 4.69) is 5.32 Å². The van der Waals surface area contributed by atoms with E-state index in [-0.39, 0.29) is 19.3 Å². The largest absolute Gasteiger partial charge is 0.467 e. The zero-order valence-electron chi connectivity index (χ0n) is 14.1. The lowest BCUT2D eigenvalue weighted by molar-refractivity contribution is -0.148. The Morgan fingerprint density at radius 3 is 2.54 bits per heavy atom. The van der Waals surface area contributed by atoms with Gasteiger partial charge >= 0.3 is 12.1 Å². The van der Waals surface area contributed by atoms with Gasteiger partial charge in [-0.05, 0) is 18.5 Å². The van der Waals surface area contributed by atoms with Crippen molar-refractivity contribution in [1.82, 2.24) is 10.2 Å². The molecule has 1 aromatic rings. The maximum atomic E-state index is 12.5. The molecule has 7 nitrogen and oxygen atoms in total. The molecular weight excluding hydrogens is 312 g/mol. The first-order valence-electron chi connectivity index (χ1n) is 7.93. The van der Waals surface area contributed by atoms with Gasteiger partial charge in [0.25, 0.3) is 0 Å². The lowest BCUT2D eigenvalue weighted by Gasteiger charge is -2.36. The highest BCUT2D eigenvalue weighted by atomic mass is 16.6. The molecule has 1 aliphatic rings. The van der Waals surface area contributed by atoms with Crippen molar-refractivity contribution in [3.05, 3.63) is 35.9 Å². The first kappa shape index (κ1) is 18.2. The quantitative estimate of drug-likeness (QED) is 0.718. The molecule has 1 aromatic carbocycles. The van der Waals surface area contributed by atoms with Gasteiger partial charge in [-0.3, -0.25) is 4.90 Å². The average molecular weight is 336 g/mol. The Hall–Kier alpha value is -2.12. The summed E-state index contributed by atoms with van der Waals surface area (Å²) < 4.78 is 15.3. The molecule has 2 atom stereocenters. The second-order valence-electron chi connectivity index (χ2n) is 5.63. The number of rotatable bonds is 8. The first-order valence-corrected chi connectivity index (χ1v) is 7.93. The Balaban J connectivity index is 2.04. The standard InChI is InChI=1S/C17H24N2O5/c1-22-12-15(16(20)23-2)19(10-14-8-9-18-14)17(21)24-11-13-6-4-3-5-7-13/h3-7,14-15,18H,8-12H2,1-2H3/t14?,15-/m0/s1. The second-order valence-corrected chi connectivity index (χ2v) is 5.63. The average Bonchev–Trinajstić information content (AvgIpc) is 2.57. The van der Waals surface area contributed by atoms with E-state index in [0.717, 1.165) is 18.5 Å². The van der Waals surface area contributed by atoms with Crippen LogP contribution in [0.15, 0.2) is 30.3 Å². The number of ether oxygens (including phenoxy) is 3. The predicted molar refractivity (Wildman–Crippen MR) is 87.4 cm³/mol. The molecule has 1 N–H and O–H groups in total. The van der Waals surface area contributed by atoms with Crippen molar-refractivity contribution in [1.29, 1.82) is 0 Å². The summed E-state index contributed by atoms with van der Waals surface area (Å²) in [5.74, 6) is -0.521. The molecule has 2 rings (SSSR count). The number of amides is 1. The van der Waals surface area contributed by atoms with Crippen molar-refractivity contribution >= 4 is 12.1 Å². The van der Waals surface area contributed by atoms with Crippen LogP contribution in [0.1, 0.15) is 12.0 Å². The molecule has 0 radical (unpaired) electrons. The zero-order valence-corrected chi connectivity index (χ0v) is 14.1. The minimum absolute atomic E-state index is 0.0554. The van der Waals surface area contributed by atoms with E-state index in [1.54, 1.807) is 0 Å². The number of hydrogen-bond donors (Lipinski definition) is 1. The van der Waals surface area contributed by atoms with Crippen LogP contribution < -0.4 is 5.32 Å². The van der Waals surface area contributed by atoms with Crippen LogP contribution in [0.4, 0.5) is 4.79 Å². The van der Waals surface area contributed by atoms with Gasteiger partial charge in [-0.2, -0.15) is 0 Å². The van der Waals surface area contributed by atoms with Crippen LogP contribution in [0.2, 0.25) is 0 Å². The summed E-state index contributed by atoms with van der Waals surface area (Å²) in [6.07, 6.45) is 0.392. The fraction of sp³-hybridized carbons (Fsp3) is 0.529. The van der Waals surface area contributed by atoms with Crippen LogP contribution in [0.5, 0.6) is 0 Å². The highest BCUT2D eigenvalue weighted by Gasteiger charge is 2.34. The van der Waals surface area contributed by atoms with Crippen molar-refractivity contribution in [3.63, 3.8) is 0 Å². The maximum absolute atomic E-state index is 12.5. The number of carbonyl (C=O) groups is 2. The van der Waals surface area contributed by atoms with Crippen molar-refractivity contribution in [2.75, 3.05) is 33.9 Å². The van der Waals surface area contributed by atoms with Crippen LogP contribution in [-0.2, 0) is 25.6 Å². The third kappa shape index (κ3) is 4.94.